The van der Waals surface area contributed by atoms with Crippen LogP contribution in [0, 0.1) is 0 Å². The van der Waals surface area contributed by atoms with Crippen LogP contribution in [0.15, 0.2) is 11.0 Å². The van der Waals surface area contributed by atoms with Crippen molar-refractivity contribution in [2.24, 2.45) is 5.73 Å². The molecule has 0 saturated carbocycles. The first-order chi connectivity index (χ1) is 6.45. The lowest BCUT2D eigenvalue weighted by Crippen LogP contribution is -2.26. The number of primary amides is 1. The molecule has 7 heteroatoms. The second kappa shape index (κ2) is 3.75. The van der Waals surface area contributed by atoms with Crippen molar-refractivity contribution < 1.29 is 13.6 Å². The molecule has 0 fully saturated rings. The molecule has 1 amide bonds. The average Bonchev–Trinajstić information content (AvgIpc) is 2.07. The third kappa shape index (κ3) is 1.74. The van der Waals surface area contributed by atoms with Crippen LogP contribution in [0.3, 0.4) is 0 Å². The predicted octanol–water partition coefficient (Wildman–Crippen LogP) is 1.06. The van der Waals surface area contributed by atoms with Crippen LogP contribution in [0.5, 0.6) is 0 Å². The fraction of sp³-hybridized carbons (Fsp3) is 0.143. The number of carbonyl (C=O) groups excluding carboxylic acids is 1. The highest BCUT2D eigenvalue weighted by atomic mass is 35.5. The van der Waals surface area contributed by atoms with E-state index < -0.39 is 34.0 Å². The molecular weight excluding hydrogens is 218 g/mol. The van der Waals surface area contributed by atoms with E-state index in [1.807, 2.05) is 4.98 Å². The molecule has 0 saturated heterocycles. The first kappa shape index (κ1) is 10.6. The summed E-state index contributed by atoms with van der Waals surface area (Å²) in [5.74, 6) is -1.23. The smallest absolute Gasteiger partial charge is 0.266 e. The van der Waals surface area contributed by atoms with Crippen molar-refractivity contribution in [2.75, 3.05) is 0 Å². The molecule has 14 heavy (non-hydrogen) atoms. The van der Waals surface area contributed by atoms with Crippen molar-refractivity contribution in [1.82, 2.24) is 4.98 Å². The Morgan fingerprint density at radius 1 is 1.57 bits per heavy atom. The molecule has 0 bridgehead atoms. The van der Waals surface area contributed by atoms with Gasteiger partial charge in [0, 0.05) is 6.20 Å². The van der Waals surface area contributed by atoms with Gasteiger partial charge in [-0.3, -0.25) is 9.59 Å². The summed E-state index contributed by atoms with van der Waals surface area (Å²) in [5, 5.41) is -0.395. The molecule has 0 spiro atoms. The predicted molar refractivity (Wildman–Crippen MR) is 45.5 cm³/mol. The van der Waals surface area contributed by atoms with Crippen molar-refractivity contribution in [1.29, 1.82) is 0 Å². The maximum Gasteiger partial charge on any atom is 0.266 e. The van der Waals surface area contributed by atoms with E-state index in [1.54, 1.807) is 0 Å². The molecule has 1 aromatic heterocycles. The first-order valence-electron chi connectivity index (χ1n) is 3.44. The van der Waals surface area contributed by atoms with Gasteiger partial charge in [-0.25, -0.2) is 8.78 Å². The first-order valence-corrected chi connectivity index (χ1v) is 3.82. The lowest BCUT2D eigenvalue weighted by atomic mass is 10.1. The van der Waals surface area contributed by atoms with E-state index in [9.17, 15) is 18.4 Å². The second-order valence-corrected chi connectivity index (χ2v) is 2.83. The molecule has 0 atom stereocenters. The number of H-pyrrole nitrogens is 1. The SMILES string of the molecule is NC(=O)c1c(C(F)F)c(Cl)c[nH]c1=O. The maximum absolute atomic E-state index is 12.4. The number of hydrogen-bond acceptors (Lipinski definition) is 2. The van der Waals surface area contributed by atoms with Gasteiger partial charge in [0.1, 0.15) is 5.56 Å². The van der Waals surface area contributed by atoms with Crippen LogP contribution < -0.4 is 11.3 Å². The van der Waals surface area contributed by atoms with Gasteiger partial charge >= 0.3 is 0 Å². The molecule has 1 aromatic rings. The van der Waals surface area contributed by atoms with Gasteiger partial charge in [0.25, 0.3) is 17.9 Å². The van der Waals surface area contributed by atoms with Crippen LogP contribution in [-0.4, -0.2) is 10.9 Å². The van der Waals surface area contributed by atoms with Crippen molar-refractivity contribution in [3.05, 3.63) is 32.7 Å². The molecule has 0 aliphatic carbocycles. The van der Waals surface area contributed by atoms with E-state index in [0.717, 1.165) is 6.20 Å². The Morgan fingerprint density at radius 2 is 2.14 bits per heavy atom. The maximum atomic E-state index is 12.4. The Hall–Kier alpha value is -1.43. The standard InChI is InChI=1S/C7H5ClF2N2O2/c8-2-1-12-7(14)4(6(11)13)3(2)5(9)10/h1,5H,(H2,11,13)(H,12,14). The van der Waals surface area contributed by atoms with Crippen LogP contribution in [0.1, 0.15) is 22.3 Å². The van der Waals surface area contributed by atoms with E-state index in [0.29, 0.717) is 0 Å². The summed E-state index contributed by atoms with van der Waals surface area (Å²) in [5.41, 5.74) is 2.17. The number of hydrogen-bond donors (Lipinski definition) is 2. The highest BCUT2D eigenvalue weighted by Gasteiger charge is 2.23. The summed E-state index contributed by atoms with van der Waals surface area (Å²) in [6, 6.07) is 0. The van der Waals surface area contributed by atoms with Crippen molar-refractivity contribution in [2.45, 2.75) is 6.43 Å². The summed E-state index contributed by atoms with van der Waals surface area (Å²) in [6.45, 7) is 0. The largest absolute Gasteiger partial charge is 0.365 e. The zero-order valence-corrected chi connectivity index (χ0v) is 7.44. The lowest BCUT2D eigenvalue weighted by molar-refractivity contribution is 0.0984. The summed E-state index contributed by atoms with van der Waals surface area (Å²) in [7, 11) is 0. The number of aromatic amines is 1. The van der Waals surface area contributed by atoms with Gasteiger partial charge in [0.2, 0.25) is 0 Å². The number of carbonyl (C=O) groups is 1. The summed E-state index contributed by atoms with van der Waals surface area (Å²) in [6.07, 6.45) is -2.13. The number of nitrogens with two attached hydrogens (primary N) is 1. The summed E-state index contributed by atoms with van der Waals surface area (Å²) in [4.78, 5) is 23.7. The third-order valence-corrected chi connectivity index (χ3v) is 1.86. The van der Waals surface area contributed by atoms with Crippen molar-refractivity contribution >= 4 is 17.5 Å². The number of halogens is 3. The fourth-order valence-electron chi connectivity index (χ4n) is 0.979. The monoisotopic (exact) mass is 222 g/mol. The van der Waals surface area contributed by atoms with E-state index in [-0.39, 0.29) is 0 Å². The molecule has 0 aliphatic heterocycles. The molecule has 1 rings (SSSR count). The van der Waals surface area contributed by atoms with Gasteiger partial charge in [0.05, 0.1) is 10.6 Å². The topological polar surface area (TPSA) is 76.0 Å². The van der Waals surface area contributed by atoms with E-state index in [1.165, 1.54) is 0 Å². The molecule has 0 aromatic carbocycles. The van der Waals surface area contributed by atoms with Crippen molar-refractivity contribution in [3.8, 4) is 0 Å². The number of aromatic nitrogens is 1. The summed E-state index contributed by atoms with van der Waals surface area (Å²) >= 11 is 5.38. The second-order valence-electron chi connectivity index (χ2n) is 2.42. The Kier molecular flexibility index (Phi) is 2.85. The highest BCUT2D eigenvalue weighted by molar-refractivity contribution is 6.31. The molecule has 3 N–H and O–H groups in total. The van der Waals surface area contributed by atoms with E-state index in [4.69, 9.17) is 17.3 Å². The Bertz CT molecular complexity index is 430. The molecule has 0 radical (unpaired) electrons. The van der Waals surface area contributed by atoms with Gasteiger partial charge in [-0.1, -0.05) is 11.6 Å². The third-order valence-electron chi connectivity index (χ3n) is 1.55. The Labute approximate surface area is 81.7 Å². The molecule has 4 nitrogen and oxygen atoms in total. The fourth-order valence-corrected chi connectivity index (χ4v) is 1.21. The average molecular weight is 223 g/mol. The minimum Gasteiger partial charge on any atom is -0.365 e. The minimum absolute atomic E-state index is 0.395. The van der Waals surface area contributed by atoms with Gasteiger partial charge in [-0.05, 0) is 0 Å². The number of alkyl halides is 2. The van der Waals surface area contributed by atoms with Crippen molar-refractivity contribution in [3.63, 3.8) is 0 Å². The van der Waals surface area contributed by atoms with E-state index >= 15 is 0 Å². The number of amides is 1. The minimum atomic E-state index is -3.02. The number of rotatable bonds is 2. The van der Waals surface area contributed by atoms with Gasteiger partial charge in [-0.2, -0.15) is 0 Å². The Morgan fingerprint density at radius 3 is 2.50 bits per heavy atom. The molecular formula is C7H5ClF2N2O2. The van der Waals surface area contributed by atoms with Gasteiger partial charge < -0.3 is 10.7 Å². The van der Waals surface area contributed by atoms with Crippen LogP contribution in [-0.2, 0) is 0 Å². The van der Waals surface area contributed by atoms with Crippen LogP contribution in [0.2, 0.25) is 5.02 Å². The lowest BCUT2D eigenvalue weighted by Gasteiger charge is -2.05. The molecule has 0 aliphatic rings. The zero-order chi connectivity index (χ0) is 10.9. The molecule has 1 heterocycles. The quantitative estimate of drug-likeness (QED) is 0.785. The zero-order valence-electron chi connectivity index (χ0n) is 6.68. The van der Waals surface area contributed by atoms with Crippen LogP contribution >= 0.6 is 11.6 Å². The van der Waals surface area contributed by atoms with Crippen LogP contribution in [0.4, 0.5) is 8.78 Å². The van der Waals surface area contributed by atoms with E-state index in [2.05, 4.69) is 0 Å². The normalized spacial score (nSPS) is 10.6. The number of pyridine rings is 1. The molecule has 76 valence electrons. The van der Waals surface area contributed by atoms with Crippen LogP contribution in [0.25, 0.3) is 0 Å². The summed E-state index contributed by atoms with van der Waals surface area (Å²) < 4.78 is 24.8. The van der Waals surface area contributed by atoms with Gasteiger partial charge in [-0.15, -0.1) is 0 Å². The highest BCUT2D eigenvalue weighted by Crippen LogP contribution is 2.27. The Balaban J connectivity index is 3.58. The molecule has 0 unspecified atom stereocenters. The number of nitrogens with one attached hydrogen (secondary N) is 1. The van der Waals surface area contributed by atoms with Gasteiger partial charge in [0.15, 0.2) is 0 Å².